The molecule has 8 heteroatoms. The van der Waals surface area contributed by atoms with E-state index >= 15 is 0 Å². The van der Waals surface area contributed by atoms with Crippen LogP contribution in [0.1, 0.15) is 45.0 Å². The fourth-order valence-corrected chi connectivity index (χ4v) is 3.93. The van der Waals surface area contributed by atoms with Crippen LogP contribution in [0.5, 0.6) is 0 Å². The lowest BCUT2D eigenvalue weighted by Gasteiger charge is -2.27. The van der Waals surface area contributed by atoms with E-state index in [2.05, 4.69) is 55.8 Å². The van der Waals surface area contributed by atoms with Crippen molar-refractivity contribution in [1.82, 2.24) is 30.2 Å². The molecule has 2 unspecified atom stereocenters. The van der Waals surface area contributed by atoms with Crippen molar-refractivity contribution < 1.29 is 4.52 Å². The van der Waals surface area contributed by atoms with E-state index in [1.807, 2.05) is 0 Å². The third-order valence-electron chi connectivity index (χ3n) is 4.04. The van der Waals surface area contributed by atoms with Gasteiger partial charge in [0.2, 0.25) is 11.7 Å². The van der Waals surface area contributed by atoms with Gasteiger partial charge in [0.1, 0.15) is 6.33 Å². The van der Waals surface area contributed by atoms with Crippen LogP contribution in [0.15, 0.2) is 10.9 Å². The van der Waals surface area contributed by atoms with Gasteiger partial charge in [0.15, 0.2) is 5.82 Å². The van der Waals surface area contributed by atoms with Gasteiger partial charge >= 0.3 is 0 Å². The average Bonchev–Trinajstić information content (AvgIpc) is 3.15. The normalized spacial score (nSPS) is 21.6. The smallest absolute Gasteiger partial charge is 0.244 e. The fourth-order valence-electron chi connectivity index (χ4n) is 2.83. The van der Waals surface area contributed by atoms with Gasteiger partial charge in [-0.15, -0.1) is 0 Å². The van der Waals surface area contributed by atoms with Crippen molar-refractivity contribution in [3.8, 4) is 11.6 Å². The lowest BCUT2D eigenvalue weighted by molar-refractivity contribution is 0.180. The minimum atomic E-state index is 0.127. The summed E-state index contributed by atoms with van der Waals surface area (Å²) in [6.45, 7) is 6.53. The van der Waals surface area contributed by atoms with Crippen LogP contribution in [0.25, 0.3) is 11.6 Å². The van der Waals surface area contributed by atoms with Crippen LogP contribution in [-0.4, -0.2) is 54.3 Å². The largest absolute Gasteiger partial charge is 0.337 e. The highest BCUT2D eigenvalue weighted by molar-refractivity contribution is 7.99. The molecule has 1 aliphatic heterocycles. The van der Waals surface area contributed by atoms with Crippen molar-refractivity contribution >= 4 is 11.8 Å². The average molecular weight is 322 g/mol. The molecule has 0 saturated carbocycles. The molecule has 1 N–H and O–H groups in total. The highest BCUT2D eigenvalue weighted by atomic mass is 32.2. The van der Waals surface area contributed by atoms with Gasteiger partial charge in [-0.3, -0.25) is 10.00 Å². The Morgan fingerprint density at radius 1 is 1.50 bits per heavy atom. The van der Waals surface area contributed by atoms with Gasteiger partial charge in [-0.05, 0) is 32.1 Å². The number of H-pyrrole nitrogens is 1. The van der Waals surface area contributed by atoms with Crippen LogP contribution < -0.4 is 0 Å². The summed E-state index contributed by atoms with van der Waals surface area (Å²) >= 11 is 2.05. The Hall–Kier alpha value is -1.41. The summed E-state index contributed by atoms with van der Waals surface area (Å²) in [6.07, 6.45) is 5.27. The standard InChI is InChI=1S/C14H22N6OS/c1-3-22-11-6-4-5-7-20(8-11)10(2)14-17-13(19-21-14)12-15-9-16-18-12/h9-11H,3-8H2,1-2H3,(H,15,16,18). The second-order valence-corrected chi connectivity index (χ2v) is 7.11. The number of hydrogen-bond acceptors (Lipinski definition) is 7. The van der Waals surface area contributed by atoms with Crippen molar-refractivity contribution in [2.24, 2.45) is 0 Å². The Kier molecular flexibility index (Phi) is 5.09. The number of rotatable bonds is 5. The minimum absolute atomic E-state index is 0.127. The highest BCUT2D eigenvalue weighted by Gasteiger charge is 2.26. The third-order valence-corrected chi connectivity index (χ3v) is 5.23. The maximum absolute atomic E-state index is 5.44. The van der Waals surface area contributed by atoms with Crippen molar-refractivity contribution in [3.63, 3.8) is 0 Å². The molecule has 2 aromatic heterocycles. The second-order valence-electron chi connectivity index (χ2n) is 5.53. The molecular formula is C14H22N6OS. The first-order chi connectivity index (χ1) is 10.8. The SMILES string of the molecule is CCSC1CCCCN(C(C)c2nc(-c3ncn[nH]3)no2)C1. The molecule has 0 amide bonds. The number of thioether (sulfide) groups is 1. The second kappa shape index (κ2) is 7.23. The molecule has 0 radical (unpaired) electrons. The Bertz CT molecular complexity index is 572. The fraction of sp³-hybridized carbons (Fsp3) is 0.714. The maximum atomic E-state index is 5.44. The van der Waals surface area contributed by atoms with Crippen molar-refractivity contribution in [1.29, 1.82) is 0 Å². The summed E-state index contributed by atoms with van der Waals surface area (Å²) in [5, 5.41) is 11.3. The van der Waals surface area contributed by atoms with Crippen molar-refractivity contribution in [3.05, 3.63) is 12.2 Å². The number of hydrogen-bond donors (Lipinski definition) is 1. The van der Waals surface area contributed by atoms with E-state index in [1.165, 1.54) is 31.3 Å². The van der Waals surface area contributed by atoms with Crippen LogP contribution in [0, 0.1) is 0 Å². The zero-order valence-electron chi connectivity index (χ0n) is 13.0. The molecule has 1 fully saturated rings. The molecule has 1 aliphatic rings. The van der Waals surface area contributed by atoms with Gasteiger partial charge in [-0.25, -0.2) is 4.98 Å². The first-order valence-electron chi connectivity index (χ1n) is 7.83. The molecule has 7 nitrogen and oxygen atoms in total. The van der Waals surface area contributed by atoms with Crippen LogP contribution >= 0.6 is 11.8 Å². The van der Waals surface area contributed by atoms with Crippen molar-refractivity contribution in [2.45, 2.75) is 44.4 Å². The quantitative estimate of drug-likeness (QED) is 0.905. The molecule has 0 aliphatic carbocycles. The lowest BCUT2D eigenvalue weighted by atomic mass is 10.2. The third kappa shape index (κ3) is 3.49. The van der Waals surface area contributed by atoms with Gasteiger partial charge in [0.25, 0.3) is 0 Å². The van der Waals surface area contributed by atoms with E-state index in [0.29, 0.717) is 22.8 Å². The van der Waals surface area contributed by atoms with E-state index in [4.69, 9.17) is 4.52 Å². The molecule has 1 saturated heterocycles. The summed E-state index contributed by atoms with van der Waals surface area (Å²) in [5.41, 5.74) is 0. The Morgan fingerprint density at radius 2 is 2.41 bits per heavy atom. The van der Waals surface area contributed by atoms with Crippen LogP contribution in [0.2, 0.25) is 0 Å². The molecular weight excluding hydrogens is 300 g/mol. The first kappa shape index (κ1) is 15.5. The Balaban J connectivity index is 1.70. The van der Waals surface area contributed by atoms with Gasteiger partial charge in [-0.1, -0.05) is 18.5 Å². The number of likely N-dealkylation sites (tertiary alicyclic amines) is 1. The van der Waals surface area contributed by atoms with Crippen molar-refractivity contribution in [2.75, 3.05) is 18.8 Å². The summed E-state index contributed by atoms with van der Waals surface area (Å²) in [4.78, 5) is 11.0. The van der Waals surface area contributed by atoms with Gasteiger partial charge < -0.3 is 4.52 Å². The molecule has 0 bridgehead atoms. The zero-order valence-corrected chi connectivity index (χ0v) is 13.8. The molecule has 120 valence electrons. The van der Waals surface area contributed by atoms with Gasteiger partial charge in [0.05, 0.1) is 6.04 Å². The highest BCUT2D eigenvalue weighted by Crippen LogP contribution is 2.28. The lowest BCUT2D eigenvalue weighted by Crippen LogP contribution is -2.32. The number of aromatic nitrogens is 5. The molecule has 3 rings (SSSR count). The zero-order chi connectivity index (χ0) is 15.4. The first-order valence-corrected chi connectivity index (χ1v) is 8.87. The summed E-state index contributed by atoms with van der Waals surface area (Å²) in [5.74, 6) is 2.82. The Labute approximate surface area is 134 Å². The summed E-state index contributed by atoms with van der Waals surface area (Å²) in [7, 11) is 0. The molecule has 2 atom stereocenters. The summed E-state index contributed by atoms with van der Waals surface area (Å²) < 4.78 is 5.44. The van der Waals surface area contributed by atoms with Crippen LogP contribution in [0.3, 0.4) is 0 Å². The number of nitrogens with zero attached hydrogens (tertiary/aromatic N) is 5. The molecule has 3 heterocycles. The monoisotopic (exact) mass is 322 g/mol. The Morgan fingerprint density at radius 3 is 3.18 bits per heavy atom. The van der Waals surface area contributed by atoms with Gasteiger partial charge in [-0.2, -0.15) is 21.8 Å². The predicted molar refractivity (Wildman–Crippen MR) is 85.4 cm³/mol. The van der Waals surface area contributed by atoms with E-state index in [-0.39, 0.29) is 6.04 Å². The number of nitrogens with one attached hydrogen (secondary N) is 1. The van der Waals surface area contributed by atoms with Crippen LogP contribution in [-0.2, 0) is 0 Å². The predicted octanol–water partition coefficient (Wildman–Crippen LogP) is 2.52. The molecule has 22 heavy (non-hydrogen) atoms. The minimum Gasteiger partial charge on any atom is -0.337 e. The number of aromatic amines is 1. The molecule has 0 spiro atoms. The molecule has 2 aromatic rings. The van der Waals surface area contributed by atoms with E-state index in [0.717, 1.165) is 13.1 Å². The van der Waals surface area contributed by atoms with E-state index in [1.54, 1.807) is 0 Å². The van der Waals surface area contributed by atoms with E-state index in [9.17, 15) is 0 Å². The topological polar surface area (TPSA) is 83.7 Å². The maximum Gasteiger partial charge on any atom is 0.244 e. The van der Waals surface area contributed by atoms with E-state index < -0.39 is 0 Å². The van der Waals surface area contributed by atoms with Crippen LogP contribution in [0.4, 0.5) is 0 Å². The molecule has 0 aromatic carbocycles. The van der Waals surface area contributed by atoms with Gasteiger partial charge in [0, 0.05) is 11.8 Å². The summed E-state index contributed by atoms with van der Waals surface area (Å²) in [6, 6.07) is 0.127.